The monoisotopic (exact) mass is 482 g/mol. The van der Waals surface area contributed by atoms with E-state index in [4.69, 9.17) is 14.0 Å². The molecular formula is C26H34N4O5. The zero-order chi connectivity index (χ0) is 24.8. The number of amides is 2. The molecule has 188 valence electrons. The van der Waals surface area contributed by atoms with Crippen LogP contribution in [0, 0.1) is 13.8 Å². The lowest BCUT2D eigenvalue weighted by atomic mass is 10.1. The molecule has 35 heavy (non-hydrogen) atoms. The fraction of sp³-hybridized carbons (Fsp3) is 0.500. The molecule has 0 atom stereocenters. The Morgan fingerprint density at radius 3 is 2.43 bits per heavy atom. The minimum Gasteiger partial charge on any atom is -0.493 e. The molecule has 0 radical (unpaired) electrons. The van der Waals surface area contributed by atoms with Gasteiger partial charge in [0.05, 0.1) is 24.9 Å². The van der Waals surface area contributed by atoms with Crippen LogP contribution in [0.5, 0.6) is 11.5 Å². The van der Waals surface area contributed by atoms with Gasteiger partial charge in [0, 0.05) is 45.3 Å². The van der Waals surface area contributed by atoms with Crippen LogP contribution in [0.25, 0.3) is 6.08 Å². The number of nitrogens with zero attached hydrogens (tertiary/aromatic N) is 4. The van der Waals surface area contributed by atoms with Crippen LogP contribution in [0.4, 0.5) is 0 Å². The average Bonchev–Trinajstić information content (AvgIpc) is 3.52. The zero-order valence-electron chi connectivity index (χ0n) is 20.8. The molecule has 1 aromatic carbocycles. The number of likely N-dealkylation sites (tertiary alicyclic amines) is 1. The largest absolute Gasteiger partial charge is 0.493 e. The highest BCUT2D eigenvalue weighted by Crippen LogP contribution is 2.30. The van der Waals surface area contributed by atoms with Gasteiger partial charge in [-0.1, -0.05) is 11.2 Å². The lowest BCUT2D eigenvalue weighted by Gasteiger charge is -2.34. The lowest BCUT2D eigenvalue weighted by Crippen LogP contribution is -2.51. The summed E-state index contributed by atoms with van der Waals surface area (Å²) in [6.45, 7) is 8.93. The Kier molecular flexibility index (Phi) is 8.07. The smallest absolute Gasteiger partial charge is 0.246 e. The molecule has 0 aliphatic carbocycles. The first-order valence-corrected chi connectivity index (χ1v) is 12.1. The molecule has 0 saturated carbocycles. The van der Waals surface area contributed by atoms with Gasteiger partial charge < -0.3 is 23.8 Å². The van der Waals surface area contributed by atoms with Crippen LogP contribution in [0.1, 0.15) is 35.4 Å². The molecule has 3 heterocycles. The summed E-state index contributed by atoms with van der Waals surface area (Å²) in [5, 5.41) is 3.95. The fourth-order valence-corrected chi connectivity index (χ4v) is 4.42. The molecule has 2 aliphatic heterocycles. The van der Waals surface area contributed by atoms with Crippen LogP contribution in [-0.2, 0) is 16.2 Å². The maximum Gasteiger partial charge on any atom is 0.246 e. The number of hydrogen-bond acceptors (Lipinski definition) is 7. The normalized spacial score (nSPS) is 16.8. The van der Waals surface area contributed by atoms with E-state index in [1.807, 2.05) is 41.8 Å². The number of rotatable bonds is 8. The van der Waals surface area contributed by atoms with Gasteiger partial charge in [-0.05, 0) is 50.5 Å². The van der Waals surface area contributed by atoms with Gasteiger partial charge in [0.15, 0.2) is 11.5 Å². The maximum atomic E-state index is 12.7. The van der Waals surface area contributed by atoms with Crippen molar-refractivity contribution in [2.75, 3.05) is 52.9 Å². The minimum atomic E-state index is -0.0341. The van der Waals surface area contributed by atoms with Crippen molar-refractivity contribution in [2.24, 2.45) is 0 Å². The van der Waals surface area contributed by atoms with Crippen molar-refractivity contribution >= 4 is 17.9 Å². The number of ether oxygens (including phenoxy) is 2. The van der Waals surface area contributed by atoms with Crippen molar-refractivity contribution in [3.63, 3.8) is 0 Å². The van der Waals surface area contributed by atoms with Gasteiger partial charge in [0.25, 0.3) is 0 Å². The van der Waals surface area contributed by atoms with E-state index in [0.29, 0.717) is 50.8 Å². The highest BCUT2D eigenvalue weighted by atomic mass is 16.5. The van der Waals surface area contributed by atoms with Gasteiger partial charge in [-0.3, -0.25) is 14.5 Å². The predicted octanol–water partition coefficient (Wildman–Crippen LogP) is 2.66. The molecule has 2 aliphatic rings. The van der Waals surface area contributed by atoms with E-state index in [0.717, 1.165) is 48.5 Å². The van der Waals surface area contributed by atoms with Crippen LogP contribution < -0.4 is 9.47 Å². The molecule has 9 nitrogen and oxygen atoms in total. The summed E-state index contributed by atoms with van der Waals surface area (Å²) in [5.74, 6) is 2.10. The van der Waals surface area contributed by atoms with E-state index >= 15 is 0 Å². The molecule has 2 amide bonds. The second kappa shape index (κ2) is 11.4. The zero-order valence-corrected chi connectivity index (χ0v) is 20.8. The summed E-state index contributed by atoms with van der Waals surface area (Å²) in [5.41, 5.74) is 2.57. The van der Waals surface area contributed by atoms with E-state index in [-0.39, 0.29) is 11.8 Å². The third-order valence-corrected chi connectivity index (χ3v) is 6.66. The average molecular weight is 483 g/mol. The number of hydrogen-bond donors (Lipinski definition) is 0. The molecule has 0 unspecified atom stereocenters. The van der Waals surface area contributed by atoms with Crippen molar-refractivity contribution in [2.45, 2.75) is 33.3 Å². The number of piperazine rings is 1. The van der Waals surface area contributed by atoms with Crippen molar-refractivity contribution in [3.05, 3.63) is 46.9 Å². The number of methoxy groups -OCH3 is 1. The van der Waals surface area contributed by atoms with Crippen molar-refractivity contribution in [1.29, 1.82) is 0 Å². The summed E-state index contributed by atoms with van der Waals surface area (Å²) < 4.78 is 16.6. The molecule has 2 aromatic rings. The first kappa shape index (κ1) is 24.8. The number of carbonyl (C=O) groups excluding carboxylic acids is 2. The Bertz CT molecular complexity index is 1050. The van der Waals surface area contributed by atoms with E-state index in [1.54, 1.807) is 19.3 Å². The first-order valence-electron chi connectivity index (χ1n) is 12.1. The van der Waals surface area contributed by atoms with E-state index in [1.165, 1.54) is 0 Å². The quantitative estimate of drug-likeness (QED) is 0.535. The first-order chi connectivity index (χ1) is 16.9. The van der Waals surface area contributed by atoms with Gasteiger partial charge in [0.2, 0.25) is 11.8 Å². The molecule has 0 bridgehead atoms. The molecule has 2 fully saturated rings. The third kappa shape index (κ3) is 6.22. The van der Waals surface area contributed by atoms with Gasteiger partial charge in [-0.25, -0.2) is 0 Å². The molecular weight excluding hydrogens is 448 g/mol. The second-order valence-corrected chi connectivity index (χ2v) is 9.02. The predicted molar refractivity (Wildman–Crippen MR) is 131 cm³/mol. The van der Waals surface area contributed by atoms with Crippen LogP contribution in [0.3, 0.4) is 0 Å². The van der Waals surface area contributed by atoms with Crippen molar-refractivity contribution < 1.29 is 23.6 Å². The van der Waals surface area contributed by atoms with Gasteiger partial charge in [0.1, 0.15) is 12.4 Å². The van der Waals surface area contributed by atoms with Crippen LogP contribution in [0.15, 0.2) is 28.8 Å². The molecule has 4 rings (SSSR count). The Morgan fingerprint density at radius 2 is 1.77 bits per heavy atom. The summed E-state index contributed by atoms with van der Waals surface area (Å²) in [6.07, 6.45) is 5.57. The summed E-state index contributed by atoms with van der Waals surface area (Å²) in [7, 11) is 1.59. The third-order valence-electron chi connectivity index (χ3n) is 6.66. The van der Waals surface area contributed by atoms with E-state index < -0.39 is 0 Å². The summed E-state index contributed by atoms with van der Waals surface area (Å²) in [4.78, 5) is 31.0. The standard InChI is InChI=1S/C26H34N4O5/c1-19-22(20(2)35-27-19)18-34-23-8-6-21(16-24(23)33-3)7-9-25(31)30-14-12-28(13-15-30)17-26(32)29-10-4-5-11-29/h6-9,16H,4-5,10-15,17-18H2,1-3H3. The minimum absolute atomic E-state index is 0.0341. The van der Waals surface area contributed by atoms with E-state index in [2.05, 4.69) is 10.1 Å². The SMILES string of the molecule is COc1cc(C=CC(=O)N2CCN(CC(=O)N3CCCC3)CC2)ccc1OCc1c(C)noc1C. The fourth-order valence-electron chi connectivity index (χ4n) is 4.42. The van der Waals surface area contributed by atoms with Gasteiger partial charge >= 0.3 is 0 Å². The van der Waals surface area contributed by atoms with Gasteiger partial charge in [-0.2, -0.15) is 0 Å². The highest BCUT2D eigenvalue weighted by Gasteiger charge is 2.24. The Balaban J connectivity index is 1.28. The Morgan fingerprint density at radius 1 is 1.03 bits per heavy atom. The van der Waals surface area contributed by atoms with Crippen LogP contribution in [0.2, 0.25) is 0 Å². The maximum absolute atomic E-state index is 12.7. The molecule has 9 heteroatoms. The highest BCUT2D eigenvalue weighted by molar-refractivity contribution is 5.92. The van der Waals surface area contributed by atoms with Crippen molar-refractivity contribution in [3.8, 4) is 11.5 Å². The van der Waals surface area contributed by atoms with Crippen molar-refractivity contribution in [1.82, 2.24) is 19.9 Å². The van der Waals surface area contributed by atoms with Crippen LogP contribution in [-0.4, -0.2) is 84.6 Å². The summed E-state index contributed by atoms with van der Waals surface area (Å²) >= 11 is 0. The topological polar surface area (TPSA) is 88.4 Å². The number of carbonyl (C=O) groups is 2. The molecule has 1 aromatic heterocycles. The molecule has 0 spiro atoms. The van der Waals surface area contributed by atoms with E-state index in [9.17, 15) is 9.59 Å². The Hall–Kier alpha value is -3.33. The van der Waals surface area contributed by atoms with Crippen LogP contribution >= 0.6 is 0 Å². The number of aryl methyl sites for hydroxylation is 2. The van der Waals surface area contributed by atoms with Gasteiger partial charge in [-0.15, -0.1) is 0 Å². The number of benzene rings is 1. The Labute approximate surface area is 206 Å². The summed E-state index contributed by atoms with van der Waals surface area (Å²) in [6, 6.07) is 5.56. The molecule has 0 N–H and O–H groups in total. The lowest BCUT2D eigenvalue weighted by molar-refractivity contribution is -0.132. The second-order valence-electron chi connectivity index (χ2n) is 9.02. The molecule has 2 saturated heterocycles. The number of aromatic nitrogens is 1.